The van der Waals surface area contributed by atoms with Gasteiger partial charge in [-0.1, -0.05) is 24.3 Å². The molecular formula is C16H23N2O3P. The van der Waals surface area contributed by atoms with Crippen molar-refractivity contribution in [2.45, 2.75) is 26.3 Å². The van der Waals surface area contributed by atoms with Crippen LogP contribution in [0.25, 0.3) is 0 Å². The maximum atomic E-state index is 12.6. The second kappa shape index (κ2) is 8.39. The van der Waals surface area contributed by atoms with E-state index >= 15 is 0 Å². The standard InChI is InChI=1S/C16H23N2O3P/c1-3-20-22(19,21-4-2)13-18-16(14-9-5-6-10-14)15-11-7-8-12-17-15/h5-9,11-12,16,18H,3-4,10,13H2,1-2H3. The van der Waals surface area contributed by atoms with Crippen LogP contribution >= 0.6 is 7.60 Å². The summed E-state index contributed by atoms with van der Waals surface area (Å²) in [6.07, 6.45) is 8.97. The fourth-order valence-corrected chi connectivity index (χ4v) is 3.83. The topological polar surface area (TPSA) is 60.5 Å². The number of allylic oxidation sites excluding steroid dienone is 3. The Balaban J connectivity index is 2.12. The Kier molecular flexibility index (Phi) is 6.52. The lowest BCUT2D eigenvalue weighted by molar-refractivity contribution is 0.217. The SMILES string of the molecule is CCOP(=O)(CNC(C1=CC=CC1)c1ccccn1)OCC. The Bertz CT molecular complexity index is 562. The molecule has 2 rings (SSSR count). The van der Waals surface area contributed by atoms with E-state index in [0.717, 1.165) is 12.1 Å². The molecule has 0 radical (unpaired) electrons. The van der Waals surface area contributed by atoms with Crippen molar-refractivity contribution in [3.05, 3.63) is 53.9 Å². The fraction of sp³-hybridized carbons (Fsp3) is 0.438. The third kappa shape index (κ3) is 4.62. The zero-order valence-corrected chi connectivity index (χ0v) is 14.0. The van der Waals surface area contributed by atoms with Gasteiger partial charge in [0.25, 0.3) is 0 Å². The van der Waals surface area contributed by atoms with Crippen LogP contribution in [0.5, 0.6) is 0 Å². The van der Waals surface area contributed by atoms with Gasteiger partial charge < -0.3 is 9.05 Å². The molecule has 1 heterocycles. The van der Waals surface area contributed by atoms with Crippen LogP contribution in [0, 0.1) is 0 Å². The van der Waals surface area contributed by atoms with Gasteiger partial charge in [-0.25, -0.2) is 0 Å². The summed E-state index contributed by atoms with van der Waals surface area (Å²) in [5, 5.41) is 3.30. The van der Waals surface area contributed by atoms with E-state index in [1.54, 1.807) is 6.20 Å². The van der Waals surface area contributed by atoms with Gasteiger partial charge in [-0.3, -0.25) is 14.9 Å². The molecule has 0 aliphatic heterocycles. The minimum absolute atomic E-state index is 0.0922. The molecule has 6 heteroatoms. The molecule has 1 atom stereocenters. The van der Waals surface area contributed by atoms with Crippen molar-refractivity contribution in [3.63, 3.8) is 0 Å². The van der Waals surface area contributed by atoms with Crippen LogP contribution in [0.2, 0.25) is 0 Å². The number of aromatic nitrogens is 1. The number of nitrogens with one attached hydrogen (secondary N) is 1. The van der Waals surface area contributed by atoms with Gasteiger partial charge in [0.15, 0.2) is 0 Å². The van der Waals surface area contributed by atoms with Gasteiger partial charge >= 0.3 is 7.60 Å². The van der Waals surface area contributed by atoms with Crippen LogP contribution < -0.4 is 5.32 Å². The molecule has 1 aromatic heterocycles. The zero-order valence-electron chi connectivity index (χ0n) is 13.1. The lowest BCUT2D eigenvalue weighted by atomic mass is 10.0. The lowest BCUT2D eigenvalue weighted by Crippen LogP contribution is -2.26. The van der Waals surface area contributed by atoms with Gasteiger partial charge in [0.2, 0.25) is 0 Å². The Morgan fingerprint density at radius 3 is 2.64 bits per heavy atom. The largest absolute Gasteiger partial charge is 0.344 e. The van der Waals surface area contributed by atoms with Crippen LogP contribution in [0.3, 0.4) is 0 Å². The molecule has 22 heavy (non-hydrogen) atoms. The van der Waals surface area contributed by atoms with Crippen LogP contribution in [0.1, 0.15) is 32.0 Å². The monoisotopic (exact) mass is 322 g/mol. The first-order chi connectivity index (χ1) is 10.7. The minimum Gasteiger partial charge on any atom is -0.308 e. The molecule has 0 aromatic carbocycles. The van der Waals surface area contributed by atoms with Crippen molar-refractivity contribution in [1.82, 2.24) is 10.3 Å². The Morgan fingerprint density at radius 1 is 1.32 bits per heavy atom. The van der Waals surface area contributed by atoms with E-state index < -0.39 is 7.60 Å². The number of rotatable bonds is 9. The summed E-state index contributed by atoms with van der Waals surface area (Å²) in [5.74, 6) is 0. The first-order valence-electron chi connectivity index (χ1n) is 7.56. The summed E-state index contributed by atoms with van der Waals surface area (Å²) in [4.78, 5) is 4.41. The molecule has 120 valence electrons. The van der Waals surface area contributed by atoms with E-state index in [0.29, 0.717) is 13.2 Å². The zero-order chi connectivity index (χ0) is 15.8. The van der Waals surface area contributed by atoms with Crippen molar-refractivity contribution in [1.29, 1.82) is 0 Å². The molecule has 1 aromatic rings. The van der Waals surface area contributed by atoms with E-state index in [2.05, 4.69) is 22.5 Å². The maximum absolute atomic E-state index is 12.6. The highest BCUT2D eigenvalue weighted by Gasteiger charge is 2.27. The summed E-state index contributed by atoms with van der Waals surface area (Å²) in [6, 6.07) is 5.70. The molecule has 1 aliphatic rings. The highest BCUT2D eigenvalue weighted by Crippen LogP contribution is 2.47. The highest BCUT2D eigenvalue weighted by atomic mass is 31.2. The Morgan fingerprint density at radius 2 is 2.09 bits per heavy atom. The normalized spacial score (nSPS) is 15.8. The molecule has 0 fully saturated rings. The first kappa shape index (κ1) is 17.1. The average molecular weight is 322 g/mol. The smallest absolute Gasteiger partial charge is 0.308 e. The first-order valence-corrected chi connectivity index (χ1v) is 9.29. The number of hydrogen-bond acceptors (Lipinski definition) is 5. The number of pyridine rings is 1. The van der Waals surface area contributed by atoms with Crippen molar-refractivity contribution < 1.29 is 13.6 Å². The van der Waals surface area contributed by atoms with Crippen molar-refractivity contribution in [2.75, 3.05) is 19.5 Å². The quantitative estimate of drug-likeness (QED) is 0.700. The van der Waals surface area contributed by atoms with Crippen molar-refractivity contribution in [3.8, 4) is 0 Å². The summed E-state index contributed by atoms with van der Waals surface area (Å²) < 4.78 is 23.3. The highest BCUT2D eigenvalue weighted by molar-refractivity contribution is 7.53. The number of nitrogens with zero attached hydrogens (tertiary/aromatic N) is 1. The fourth-order valence-electron chi connectivity index (χ4n) is 2.38. The molecule has 1 N–H and O–H groups in total. The third-order valence-corrected chi connectivity index (χ3v) is 5.17. The molecule has 0 saturated heterocycles. The molecule has 1 unspecified atom stereocenters. The molecule has 5 nitrogen and oxygen atoms in total. The van der Waals surface area contributed by atoms with Gasteiger partial charge in [-0.05, 0) is 38.0 Å². The van der Waals surface area contributed by atoms with Crippen molar-refractivity contribution >= 4 is 7.60 Å². The van der Waals surface area contributed by atoms with Crippen molar-refractivity contribution in [2.24, 2.45) is 0 Å². The molecule has 1 aliphatic carbocycles. The molecule has 0 saturated carbocycles. The molecule has 0 amide bonds. The Hall–Kier alpha value is -1.26. The van der Waals surface area contributed by atoms with Gasteiger partial charge in [0.05, 0.1) is 31.2 Å². The van der Waals surface area contributed by atoms with Gasteiger partial charge in [0, 0.05) is 6.20 Å². The second-order valence-corrected chi connectivity index (χ2v) is 6.92. The van der Waals surface area contributed by atoms with E-state index in [4.69, 9.17) is 9.05 Å². The predicted octanol–water partition coefficient (Wildman–Crippen LogP) is 3.82. The molecule has 0 bridgehead atoms. The average Bonchev–Trinajstić information content (AvgIpc) is 3.03. The van der Waals surface area contributed by atoms with E-state index in [1.165, 1.54) is 5.57 Å². The summed E-state index contributed by atoms with van der Waals surface area (Å²) in [7, 11) is -3.12. The lowest BCUT2D eigenvalue weighted by Gasteiger charge is -2.23. The number of hydrogen-bond donors (Lipinski definition) is 1. The van der Waals surface area contributed by atoms with Gasteiger partial charge in [0.1, 0.15) is 0 Å². The van der Waals surface area contributed by atoms with Crippen LogP contribution in [0.4, 0.5) is 0 Å². The van der Waals surface area contributed by atoms with Gasteiger partial charge in [-0.15, -0.1) is 0 Å². The summed E-state index contributed by atoms with van der Waals surface area (Å²) in [5.41, 5.74) is 2.09. The summed E-state index contributed by atoms with van der Waals surface area (Å²) >= 11 is 0. The van der Waals surface area contributed by atoms with Gasteiger partial charge in [-0.2, -0.15) is 0 Å². The second-order valence-electron chi connectivity index (χ2n) is 4.87. The van der Waals surface area contributed by atoms with Crippen LogP contribution in [0.15, 0.2) is 48.2 Å². The summed E-state index contributed by atoms with van der Waals surface area (Å²) in [6.45, 7) is 4.34. The van der Waals surface area contributed by atoms with Crippen LogP contribution in [-0.2, 0) is 13.6 Å². The molecule has 0 spiro atoms. The predicted molar refractivity (Wildman–Crippen MR) is 87.7 cm³/mol. The molecular weight excluding hydrogens is 299 g/mol. The minimum atomic E-state index is -3.12. The van der Waals surface area contributed by atoms with Crippen LogP contribution in [-0.4, -0.2) is 24.5 Å². The van der Waals surface area contributed by atoms with E-state index in [1.807, 2.05) is 38.1 Å². The third-order valence-electron chi connectivity index (χ3n) is 3.29. The van der Waals surface area contributed by atoms with E-state index in [-0.39, 0.29) is 12.3 Å². The Labute approximate surface area is 132 Å². The van der Waals surface area contributed by atoms with E-state index in [9.17, 15) is 4.57 Å². The maximum Gasteiger partial charge on any atom is 0.344 e.